The molecule has 0 spiro atoms. The number of piperidine rings is 2. The van der Waals surface area contributed by atoms with Crippen molar-refractivity contribution in [2.45, 2.75) is 45.4 Å². The van der Waals surface area contributed by atoms with Crippen LogP contribution in [0.3, 0.4) is 0 Å². The number of hydrogen-bond acceptors (Lipinski definition) is 4. The van der Waals surface area contributed by atoms with E-state index in [9.17, 15) is 4.79 Å². The molecule has 1 aromatic carbocycles. The molecule has 30 heavy (non-hydrogen) atoms. The van der Waals surface area contributed by atoms with Gasteiger partial charge in [-0.3, -0.25) is 4.79 Å². The van der Waals surface area contributed by atoms with E-state index < -0.39 is 11.9 Å². The minimum absolute atomic E-state index is 0.281. The number of aliphatic carboxylic acids is 2. The molecule has 0 aromatic heterocycles. The molecule has 2 heterocycles. The maximum Gasteiger partial charge on any atom is 0.414 e. The molecule has 2 N–H and O–H groups in total. The van der Waals surface area contributed by atoms with Gasteiger partial charge in [0.25, 0.3) is 0 Å². The summed E-state index contributed by atoms with van der Waals surface area (Å²) in [5.74, 6) is -2.14. The van der Waals surface area contributed by atoms with E-state index in [-0.39, 0.29) is 5.92 Å². The number of carbonyl (C=O) groups excluding carboxylic acids is 1. The summed E-state index contributed by atoms with van der Waals surface area (Å²) in [5, 5.41) is 14.8. The van der Waals surface area contributed by atoms with Gasteiger partial charge in [-0.15, -0.1) is 0 Å². The Balaban J connectivity index is 0.000000469. The minimum atomic E-state index is -1.82. The van der Waals surface area contributed by atoms with Gasteiger partial charge in [0.1, 0.15) is 0 Å². The first kappa shape index (κ1) is 23.9. The minimum Gasteiger partial charge on any atom is -0.473 e. The molecule has 2 aliphatic heterocycles. The first-order valence-corrected chi connectivity index (χ1v) is 10.9. The molecule has 0 saturated carbocycles. The summed E-state index contributed by atoms with van der Waals surface area (Å²) < 4.78 is 0. The average molecular weight is 419 g/mol. The van der Waals surface area contributed by atoms with E-state index >= 15 is 0 Å². The molecule has 0 bridgehead atoms. The Morgan fingerprint density at radius 2 is 1.47 bits per heavy atom. The van der Waals surface area contributed by atoms with Crippen molar-refractivity contribution in [1.82, 2.24) is 9.80 Å². The quantitative estimate of drug-likeness (QED) is 0.714. The van der Waals surface area contributed by atoms with Gasteiger partial charge in [0.15, 0.2) is 0 Å². The van der Waals surface area contributed by atoms with Gasteiger partial charge >= 0.3 is 11.9 Å². The Morgan fingerprint density at radius 1 is 0.900 bits per heavy atom. The highest BCUT2D eigenvalue weighted by atomic mass is 16.4. The molecule has 0 radical (unpaired) electrons. The van der Waals surface area contributed by atoms with E-state index in [1.54, 1.807) is 0 Å². The van der Waals surface area contributed by atoms with Crippen LogP contribution < -0.4 is 0 Å². The van der Waals surface area contributed by atoms with Crippen LogP contribution in [0.4, 0.5) is 0 Å². The number of hydrogen-bond donors (Lipinski definition) is 2. The van der Waals surface area contributed by atoms with Crippen LogP contribution in [0.5, 0.6) is 0 Å². The zero-order chi connectivity index (χ0) is 21.9. The summed E-state index contributed by atoms with van der Waals surface area (Å²) >= 11 is 0. The average Bonchev–Trinajstić information content (AvgIpc) is 2.75. The normalized spacial score (nSPS) is 18.4. The van der Waals surface area contributed by atoms with Crippen molar-refractivity contribution in [2.75, 3.05) is 32.7 Å². The van der Waals surface area contributed by atoms with Gasteiger partial charge < -0.3 is 20.0 Å². The van der Waals surface area contributed by atoms with Crippen molar-refractivity contribution in [1.29, 1.82) is 0 Å². The highest BCUT2D eigenvalue weighted by Gasteiger charge is 2.29. The molecule has 166 valence electrons. The Morgan fingerprint density at radius 3 is 2.00 bits per heavy atom. The molecule has 0 aliphatic carbocycles. The lowest BCUT2D eigenvalue weighted by Crippen LogP contribution is -2.45. The first-order chi connectivity index (χ1) is 14.4. The lowest BCUT2D eigenvalue weighted by atomic mass is 9.92. The number of benzene rings is 1. The second-order valence-corrected chi connectivity index (χ2v) is 8.32. The third kappa shape index (κ3) is 8.14. The third-order valence-electron chi connectivity index (χ3n) is 6.00. The summed E-state index contributed by atoms with van der Waals surface area (Å²) in [6.07, 6.45) is 6.85. The van der Waals surface area contributed by atoms with Crippen molar-refractivity contribution >= 4 is 17.8 Å². The molecule has 2 saturated heterocycles. The summed E-state index contributed by atoms with van der Waals surface area (Å²) in [6, 6.07) is 10.7. The van der Waals surface area contributed by atoms with Crippen molar-refractivity contribution < 1.29 is 24.6 Å². The second kappa shape index (κ2) is 12.3. The predicted molar refractivity (Wildman–Crippen MR) is 114 cm³/mol. The molecule has 1 amide bonds. The van der Waals surface area contributed by atoms with Crippen LogP contribution >= 0.6 is 0 Å². The number of aryl methyl sites for hydroxylation is 1. The molecule has 0 atom stereocenters. The zero-order valence-corrected chi connectivity index (χ0v) is 17.8. The number of carbonyl (C=O) groups is 3. The molecule has 0 unspecified atom stereocenters. The number of carboxylic acids is 2. The molecule has 7 heteroatoms. The standard InChI is InChI=1S/C21H32N2O.C2H2O4/c1-18-9-16-23(17-10-18)21(24)20-11-14-22(15-12-20)13-5-8-19-6-3-2-4-7-19;3-1(4)2(5)6/h2-4,6-7,18,20H,5,8-17H2,1H3;(H,3,4)(H,5,6). The fourth-order valence-corrected chi connectivity index (χ4v) is 4.04. The smallest absolute Gasteiger partial charge is 0.414 e. The lowest BCUT2D eigenvalue weighted by Gasteiger charge is -2.36. The van der Waals surface area contributed by atoms with Crippen LogP contribution in [-0.4, -0.2) is 70.6 Å². The van der Waals surface area contributed by atoms with Crippen LogP contribution in [0.2, 0.25) is 0 Å². The number of rotatable bonds is 5. The highest BCUT2D eigenvalue weighted by Crippen LogP contribution is 2.23. The fourth-order valence-electron chi connectivity index (χ4n) is 4.04. The molecule has 7 nitrogen and oxygen atoms in total. The Kier molecular flexibility index (Phi) is 9.80. The number of likely N-dealkylation sites (tertiary alicyclic amines) is 2. The Hall–Kier alpha value is -2.41. The van der Waals surface area contributed by atoms with Gasteiger partial charge in [0.2, 0.25) is 5.91 Å². The van der Waals surface area contributed by atoms with Crippen LogP contribution in [0, 0.1) is 11.8 Å². The first-order valence-electron chi connectivity index (χ1n) is 10.9. The van der Waals surface area contributed by atoms with E-state index in [4.69, 9.17) is 19.8 Å². The van der Waals surface area contributed by atoms with E-state index in [1.807, 2.05) is 0 Å². The van der Waals surface area contributed by atoms with Gasteiger partial charge in [-0.1, -0.05) is 37.3 Å². The fraction of sp³-hybridized carbons (Fsp3) is 0.609. The van der Waals surface area contributed by atoms with Gasteiger partial charge in [-0.25, -0.2) is 9.59 Å². The summed E-state index contributed by atoms with van der Waals surface area (Å²) in [6.45, 7) is 7.62. The molecule has 2 aliphatic rings. The molecular formula is C23H34N2O5. The summed E-state index contributed by atoms with van der Waals surface area (Å²) in [4.78, 5) is 35.6. The largest absolute Gasteiger partial charge is 0.473 e. The van der Waals surface area contributed by atoms with Crippen LogP contribution in [0.1, 0.15) is 44.6 Å². The molecular weight excluding hydrogens is 384 g/mol. The van der Waals surface area contributed by atoms with E-state index in [2.05, 4.69) is 47.1 Å². The van der Waals surface area contributed by atoms with Gasteiger partial charge in [-0.05, 0) is 69.6 Å². The maximum atomic E-state index is 12.7. The Bertz CT molecular complexity index is 666. The topological polar surface area (TPSA) is 98.2 Å². The van der Waals surface area contributed by atoms with Gasteiger partial charge in [-0.2, -0.15) is 0 Å². The van der Waals surface area contributed by atoms with Crippen molar-refractivity contribution in [2.24, 2.45) is 11.8 Å². The Labute approximate surface area is 178 Å². The van der Waals surface area contributed by atoms with E-state index in [0.717, 1.165) is 57.9 Å². The van der Waals surface area contributed by atoms with Crippen molar-refractivity contribution in [3.05, 3.63) is 35.9 Å². The number of amides is 1. The highest BCUT2D eigenvalue weighted by molar-refractivity contribution is 6.27. The second-order valence-electron chi connectivity index (χ2n) is 8.32. The van der Waals surface area contributed by atoms with E-state index in [1.165, 1.54) is 24.8 Å². The van der Waals surface area contributed by atoms with Crippen molar-refractivity contribution in [3.63, 3.8) is 0 Å². The summed E-state index contributed by atoms with van der Waals surface area (Å²) in [7, 11) is 0. The van der Waals surface area contributed by atoms with E-state index in [0.29, 0.717) is 5.91 Å². The SMILES string of the molecule is CC1CCN(C(=O)C2CCN(CCCc3ccccc3)CC2)CC1.O=C(O)C(=O)O. The molecule has 1 aromatic rings. The van der Waals surface area contributed by atoms with Gasteiger partial charge in [0, 0.05) is 19.0 Å². The predicted octanol–water partition coefficient (Wildman–Crippen LogP) is 2.75. The summed E-state index contributed by atoms with van der Waals surface area (Å²) in [5.41, 5.74) is 1.43. The van der Waals surface area contributed by atoms with Crippen LogP contribution in [0.25, 0.3) is 0 Å². The lowest BCUT2D eigenvalue weighted by molar-refractivity contribution is -0.159. The van der Waals surface area contributed by atoms with Gasteiger partial charge in [0.05, 0.1) is 0 Å². The molecule has 3 rings (SSSR count). The molecule has 2 fully saturated rings. The van der Waals surface area contributed by atoms with Crippen molar-refractivity contribution in [3.8, 4) is 0 Å². The van der Waals surface area contributed by atoms with Crippen LogP contribution in [0.15, 0.2) is 30.3 Å². The third-order valence-corrected chi connectivity index (χ3v) is 6.00. The number of carboxylic acid groups (broad SMARTS) is 2. The number of nitrogens with zero attached hydrogens (tertiary/aromatic N) is 2. The maximum absolute atomic E-state index is 12.7. The van der Waals surface area contributed by atoms with Crippen LogP contribution in [-0.2, 0) is 20.8 Å². The zero-order valence-electron chi connectivity index (χ0n) is 17.8. The monoisotopic (exact) mass is 418 g/mol.